The van der Waals surface area contributed by atoms with Crippen LogP contribution in [-0.4, -0.2) is 142 Å². The van der Waals surface area contributed by atoms with Crippen LogP contribution in [0.25, 0.3) is 0 Å². The Morgan fingerprint density at radius 3 is 1.26 bits per heavy atom. The summed E-state index contributed by atoms with van der Waals surface area (Å²) in [7, 11) is 0. The molecule has 0 spiro atoms. The van der Waals surface area contributed by atoms with Gasteiger partial charge in [0.1, 0.15) is 29.3 Å². The van der Waals surface area contributed by atoms with Crippen molar-refractivity contribution < 1.29 is 135 Å². The van der Waals surface area contributed by atoms with Gasteiger partial charge in [0, 0.05) is 69.6 Å². The Morgan fingerprint density at radius 2 is 0.937 bits per heavy atom. The van der Waals surface area contributed by atoms with Gasteiger partial charge in [0.25, 0.3) is 6.47 Å². The maximum Gasteiger partial charge on any atom is 1.00 e. The zero-order valence-electron chi connectivity index (χ0n) is 52.8. The van der Waals surface area contributed by atoms with Crippen molar-refractivity contribution in [2.75, 3.05) is 19.5 Å². The number of alkyl halides is 7. The van der Waals surface area contributed by atoms with E-state index >= 15 is 0 Å². The summed E-state index contributed by atoms with van der Waals surface area (Å²) in [5, 5.41) is 31.8. The van der Waals surface area contributed by atoms with Crippen LogP contribution in [0, 0.1) is 52.7 Å². The monoisotopic (exact) mass is 1400 g/mol. The van der Waals surface area contributed by atoms with Gasteiger partial charge in [-0.1, -0.05) is 35.1 Å². The van der Waals surface area contributed by atoms with E-state index in [0.29, 0.717) is 24.3 Å². The molecule has 6 N–H and O–H groups in total. The minimum atomic E-state index is -4.75. The number of ether oxygens (including phenoxy) is 1. The van der Waals surface area contributed by atoms with Gasteiger partial charge in [-0.05, 0) is 82.6 Å². The molecule has 4 heterocycles. The van der Waals surface area contributed by atoms with Crippen molar-refractivity contribution in [2.24, 2.45) is 23.5 Å². The molecular formula is C57H75ClF12N13NaO11. The van der Waals surface area contributed by atoms with Gasteiger partial charge in [-0.15, -0.1) is 32.0 Å². The van der Waals surface area contributed by atoms with Crippen LogP contribution >= 0.6 is 11.6 Å². The first-order valence-corrected chi connectivity index (χ1v) is 29.0. The number of fused-ring (bicyclic) bond motifs is 2. The average molecular weight is 1400 g/mol. The van der Waals surface area contributed by atoms with Crippen molar-refractivity contribution >= 4 is 59.5 Å². The summed E-state index contributed by atoms with van der Waals surface area (Å²) in [6.45, 7) is 13.0. The largest absolute Gasteiger partial charge is 1.00 e. The van der Waals surface area contributed by atoms with E-state index in [2.05, 4.69) is 58.2 Å². The molecule has 526 valence electrons. The number of hydrogen-bond donors (Lipinski definition) is 5. The molecule has 0 bridgehead atoms. The van der Waals surface area contributed by atoms with Crippen LogP contribution < -0.4 is 61.8 Å². The zero-order valence-corrected chi connectivity index (χ0v) is 55.6. The molecule has 38 heteroatoms. The molecule has 6 atom stereocenters. The standard InChI is InChI=1S/C30H38F6N6O5.C24H29F6N7O3.CH3Cl.CH2O3.CH4.Na/c1-15(2)19(12-25(44)47-29(4,5)6)27(46)37-16(3)26(45)38-18(9-17-10-21(32)22(33)13-20(17)31)11-24(43)41-7-8-42-23(14-41)39-40-28(42)30(34,35)36;1-11(2)20(31)22(40)32-12(3)21(39)33-14(6-13-7-16(26)17(27)9-15(13)25)8-19(38)36-4-5-37-18(10-36)34-35-23(37)24(28,29)30;1-2;2-1-4-3;;/h10,13,15-16,18-19H,7-9,11-12,14H2,1-6H3,(H,37,46)(H,38,45);7,9,11-12,14,20H,4-6,8,10,31H2,1-3H3,(H,32,40)(H,33,39);1H3;1,3H;1H4;/q;;;;;+1/p-1. The normalized spacial score (nSPS) is 14.6. The number of halogens is 13. The SMILES string of the molecule is C.CC(NC(=O)C(CC(=O)OC(C)(C)C)C(C)C)C(=O)NC(CC(=O)N1CCn2c(nnc2C(F)(F)F)C1)Cc1cc(F)c(F)cc1F.CC(NC(=O)C(N)C(C)C)C(=O)NC(CC(=O)N1CCn2c(nnc2C(F)(F)F)C1)Cc1cc(F)c(F)cc1F.CCl.O=CO[O-].[Na+]. The van der Waals surface area contributed by atoms with Gasteiger partial charge in [-0.2, -0.15) is 26.3 Å². The maximum atomic E-state index is 14.6. The smallest absolute Gasteiger partial charge is 0.662 e. The van der Waals surface area contributed by atoms with E-state index in [1.165, 1.54) is 30.0 Å². The van der Waals surface area contributed by atoms with Crippen LogP contribution in [0.1, 0.15) is 123 Å². The average Bonchev–Trinajstić information content (AvgIpc) is 1.68. The van der Waals surface area contributed by atoms with E-state index in [4.69, 9.17) is 20.5 Å². The maximum absolute atomic E-state index is 14.6. The number of nitrogens with two attached hydrogens (primary N) is 1. The van der Waals surface area contributed by atoms with E-state index in [1.807, 2.05) is 0 Å². The van der Waals surface area contributed by atoms with E-state index in [9.17, 15) is 86.2 Å². The third kappa shape index (κ3) is 26.1. The molecule has 6 rings (SSSR count). The number of nitrogens with one attached hydrogen (secondary N) is 4. The van der Waals surface area contributed by atoms with Gasteiger partial charge in [0.05, 0.1) is 31.5 Å². The van der Waals surface area contributed by atoms with Gasteiger partial charge in [-0.25, -0.2) is 26.3 Å². The number of esters is 1. The number of benzene rings is 2. The predicted octanol–water partition coefficient (Wildman–Crippen LogP) is 2.27. The Labute approximate surface area is 565 Å². The molecule has 0 saturated heterocycles. The molecule has 2 aliphatic heterocycles. The van der Waals surface area contributed by atoms with Crippen molar-refractivity contribution in [2.45, 2.75) is 176 Å². The first kappa shape index (κ1) is 85.9. The van der Waals surface area contributed by atoms with E-state index in [-0.39, 0.29) is 124 Å². The molecule has 4 aromatic rings. The molecule has 0 aliphatic carbocycles. The number of carbonyl (C=O) groups excluding carboxylic acids is 8. The summed E-state index contributed by atoms with van der Waals surface area (Å²) >= 11 is 4.64. The van der Waals surface area contributed by atoms with E-state index in [1.54, 1.807) is 48.5 Å². The molecule has 6 amide bonds. The van der Waals surface area contributed by atoms with Crippen molar-refractivity contribution in [3.63, 3.8) is 0 Å². The molecule has 6 unspecified atom stereocenters. The van der Waals surface area contributed by atoms with Gasteiger partial charge in [0.15, 0.2) is 34.9 Å². The molecule has 2 aromatic heterocycles. The van der Waals surface area contributed by atoms with E-state index < -0.39 is 168 Å². The molecule has 0 fully saturated rings. The Hall–Kier alpha value is -7.15. The van der Waals surface area contributed by atoms with Gasteiger partial charge in [-0.3, -0.25) is 38.4 Å². The van der Waals surface area contributed by atoms with Crippen molar-refractivity contribution in [3.8, 4) is 0 Å². The van der Waals surface area contributed by atoms with Crippen LogP contribution in [0.2, 0.25) is 0 Å². The van der Waals surface area contributed by atoms with Gasteiger partial charge in [0.2, 0.25) is 47.1 Å². The molecule has 0 saturated carbocycles. The summed E-state index contributed by atoms with van der Waals surface area (Å²) in [5.41, 5.74) is 4.32. The van der Waals surface area contributed by atoms with Gasteiger partial charge < -0.3 is 60.8 Å². The molecule has 24 nitrogen and oxygen atoms in total. The third-order valence-electron chi connectivity index (χ3n) is 13.9. The van der Waals surface area contributed by atoms with Crippen molar-refractivity contribution in [1.82, 2.24) is 60.6 Å². The molecule has 0 radical (unpaired) electrons. The minimum absolute atomic E-state index is 0. The summed E-state index contributed by atoms with van der Waals surface area (Å²) in [4.78, 5) is 104. The topological polar surface area (TPSA) is 320 Å². The molecular weight excluding hydrogens is 1330 g/mol. The second kappa shape index (κ2) is 38.0. The van der Waals surface area contributed by atoms with Gasteiger partial charge >= 0.3 is 47.9 Å². The minimum Gasteiger partial charge on any atom is -0.662 e. The first-order chi connectivity index (χ1) is 43.1. The number of aromatic nitrogens is 6. The number of carbonyl (C=O) groups is 8. The van der Waals surface area contributed by atoms with Crippen LogP contribution in [0.15, 0.2) is 24.3 Å². The molecule has 2 aliphatic rings. The third-order valence-corrected chi connectivity index (χ3v) is 13.9. The first-order valence-electron chi connectivity index (χ1n) is 28.3. The summed E-state index contributed by atoms with van der Waals surface area (Å²) in [6.07, 6.45) is -10.2. The Morgan fingerprint density at radius 1 is 0.579 bits per heavy atom. The second-order valence-electron chi connectivity index (χ2n) is 22.8. The summed E-state index contributed by atoms with van der Waals surface area (Å²) in [6, 6.07) is -3.79. The fraction of sp³-hybridized carbons (Fsp3) is 0.579. The fourth-order valence-corrected chi connectivity index (χ4v) is 9.07. The second-order valence-corrected chi connectivity index (χ2v) is 22.8. The van der Waals surface area contributed by atoms with Crippen LogP contribution in [0.3, 0.4) is 0 Å². The number of hydrogen-bond acceptors (Lipinski definition) is 16. The Bertz CT molecular complexity index is 3260. The summed E-state index contributed by atoms with van der Waals surface area (Å²) in [5.74, 6) is -16.5. The van der Waals surface area contributed by atoms with E-state index in [0.717, 1.165) is 9.13 Å². The van der Waals surface area contributed by atoms with Crippen molar-refractivity contribution in [1.29, 1.82) is 0 Å². The molecule has 95 heavy (non-hydrogen) atoms. The number of rotatable bonds is 21. The fourth-order valence-electron chi connectivity index (χ4n) is 9.07. The number of nitrogens with zero attached hydrogens (tertiary/aromatic N) is 8. The zero-order chi connectivity index (χ0) is 70.8. The van der Waals surface area contributed by atoms with Crippen molar-refractivity contribution in [3.05, 3.63) is 93.6 Å². The quantitative estimate of drug-likeness (QED) is 0.0117. The Balaban J connectivity index is 0.000000868. The predicted molar refractivity (Wildman–Crippen MR) is 306 cm³/mol. The Kier molecular flexibility index (Phi) is 34.3. The van der Waals surface area contributed by atoms with Crippen LogP contribution in [-0.2, 0) is 99.4 Å². The molecule has 2 aromatic carbocycles. The number of amides is 6. The van der Waals surface area contributed by atoms with Crippen LogP contribution in [0.4, 0.5) is 52.7 Å². The summed E-state index contributed by atoms with van der Waals surface area (Å²) < 4.78 is 170. The van der Waals surface area contributed by atoms with Crippen LogP contribution in [0.5, 0.6) is 0 Å².